The van der Waals surface area contributed by atoms with Gasteiger partial charge in [-0.3, -0.25) is 4.79 Å². The summed E-state index contributed by atoms with van der Waals surface area (Å²) in [5.74, 6) is 0.448. The second-order valence-corrected chi connectivity index (χ2v) is 7.07. The Labute approximate surface area is 165 Å². The summed E-state index contributed by atoms with van der Waals surface area (Å²) < 4.78 is 0. The number of carbonyl (C=O) groups is 1. The van der Waals surface area contributed by atoms with Gasteiger partial charge >= 0.3 is 0 Å². The third kappa shape index (κ3) is 3.48. The molecule has 5 nitrogen and oxygen atoms in total. The average molecular weight is 372 g/mol. The molecule has 2 heterocycles. The van der Waals surface area contributed by atoms with Gasteiger partial charge < -0.3 is 10.2 Å². The Morgan fingerprint density at radius 3 is 2.68 bits per heavy atom. The fourth-order valence-electron chi connectivity index (χ4n) is 3.72. The van der Waals surface area contributed by atoms with Crippen LogP contribution in [-0.2, 0) is 12.8 Å². The van der Waals surface area contributed by atoms with Gasteiger partial charge in [0.05, 0.1) is 5.56 Å². The minimum Gasteiger partial charge on any atom is -0.324 e. The van der Waals surface area contributed by atoms with E-state index in [-0.39, 0.29) is 5.91 Å². The lowest BCUT2D eigenvalue weighted by Crippen LogP contribution is -2.35. The van der Waals surface area contributed by atoms with Gasteiger partial charge in [0.2, 0.25) is 5.95 Å². The summed E-state index contributed by atoms with van der Waals surface area (Å²) in [6.45, 7) is 4.91. The van der Waals surface area contributed by atoms with E-state index in [0.717, 1.165) is 42.7 Å². The largest absolute Gasteiger partial charge is 0.324 e. The Morgan fingerprint density at radius 1 is 1.11 bits per heavy atom. The first-order valence-electron chi connectivity index (χ1n) is 9.74. The zero-order valence-corrected chi connectivity index (χ0v) is 16.3. The number of hydrogen-bond donors (Lipinski definition) is 1. The normalized spacial score (nSPS) is 13.1. The van der Waals surface area contributed by atoms with Crippen LogP contribution >= 0.6 is 0 Å². The van der Waals surface area contributed by atoms with Crippen molar-refractivity contribution in [3.05, 3.63) is 77.1 Å². The zero-order chi connectivity index (χ0) is 19.5. The highest BCUT2D eigenvalue weighted by molar-refractivity contribution is 6.06. The molecule has 0 radical (unpaired) electrons. The number of nitrogens with zero attached hydrogens (tertiary/aromatic N) is 3. The number of benzene rings is 2. The Morgan fingerprint density at radius 2 is 1.89 bits per heavy atom. The molecular weight excluding hydrogens is 348 g/mol. The summed E-state index contributed by atoms with van der Waals surface area (Å²) in [7, 11) is 0. The predicted molar refractivity (Wildman–Crippen MR) is 112 cm³/mol. The molecule has 28 heavy (non-hydrogen) atoms. The standard InChI is InChI=1S/C23H24N4O/c1-3-17-10-6-8-16(2)21(17)26-23-24-14-19(15-25-23)22(28)27-13-7-11-18-9-4-5-12-20(18)27/h4-6,8-10,12,14-15H,3,7,11,13H2,1-2H3,(H,24,25,26). The monoisotopic (exact) mass is 372 g/mol. The number of aryl methyl sites for hydroxylation is 3. The number of hydrogen-bond acceptors (Lipinski definition) is 4. The molecule has 0 fully saturated rings. The minimum atomic E-state index is -0.0520. The number of amides is 1. The molecule has 1 aliphatic rings. The number of fused-ring (bicyclic) bond motifs is 1. The molecule has 5 heteroatoms. The van der Waals surface area contributed by atoms with Crippen LogP contribution in [0.3, 0.4) is 0 Å². The molecule has 0 spiro atoms. The molecule has 1 N–H and O–H groups in total. The van der Waals surface area contributed by atoms with Gasteiger partial charge in [-0.2, -0.15) is 0 Å². The highest BCUT2D eigenvalue weighted by Crippen LogP contribution is 2.28. The lowest BCUT2D eigenvalue weighted by molar-refractivity contribution is 0.0984. The molecule has 0 saturated carbocycles. The van der Waals surface area contributed by atoms with Crippen molar-refractivity contribution in [1.82, 2.24) is 9.97 Å². The molecule has 3 aromatic rings. The summed E-state index contributed by atoms with van der Waals surface area (Å²) in [6.07, 6.45) is 6.12. The Kier molecular flexibility index (Phi) is 5.06. The van der Waals surface area contributed by atoms with Crippen molar-refractivity contribution in [3.8, 4) is 0 Å². The molecule has 1 amide bonds. The maximum atomic E-state index is 13.0. The van der Waals surface area contributed by atoms with E-state index in [1.807, 2.05) is 23.1 Å². The van der Waals surface area contributed by atoms with Gasteiger partial charge in [-0.05, 0) is 48.9 Å². The van der Waals surface area contributed by atoms with Crippen LogP contribution in [0.4, 0.5) is 17.3 Å². The van der Waals surface area contributed by atoms with Gasteiger partial charge in [0.1, 0.15) is 0 Å². The van der Waals surface area contributed by atoms with E-state index in [2.05, 4.69) is 53.4 Å². The maximum Gasteiger partial charge on any atom is 0.261 e. The number of carbonyl (C=O) groups excluding carboxylic acids is 1. The fraction of sp³-hybridized carbons (Fsp3) is 0.261. The van der Waals surface area contributed by atoms with E-state index < -0.39 is 0 Å². The van der Waals surface area contributed by atoms with Gasteiger partial charge in [-0.1, -0.05) is 43.3 Å². The minimum absolute atomic E-state index is 0.0520. The van der Waals surface area contributed by atoms with Crippen molar-refractivity contribution >= 4 is 23.2 Å². The van der Waals surface area contributed by atoms with Gasteiger partial charge in [-0.15, -0.1) is 0 Å². The second-order valence-electron chi connectivity index (χ2n) is 7.07. The van der Waals surface area contributed by atoms with Crippen LogP contribution < -0.4 is 10.2 Å². The lowest BCUT2D eigenvalue weighted by Gasteiger charge is -2.29. The molecule has 0 saturated heterocycles. The molecule has 1 aromatic heterocycles. The first-order valence-corrected chi connectivity index (χ1v) is 9.74. The van der Waals surface area contributed by atoms with Crippen LogP contribution in [0, 0.1) is 6.92 Å². The fourth-order valence-corrected chi connectivity index (χ4v) is 3.72. The third-order valence-corrected chi connectivity index (χ3v) is 5.23. The number of nitrogens with one attached hydrogen (secondary N) is 1. The SMILES string of the molecule is CCc1cccc(C)c1Nc1ncc(C(=O)N2CCCc3ccccc32)cn1. The zero-order valence-electron chi connectivity index (χ0n) is 16.3. The van der Waals surface area contributed by atoms with Gasteiger partial charge in [0.25, 0.3) is 5.91 Å². The van der Waals surface area contributed by atoms with Crippen molar-refractivity contribution in [2.24, 2.45) is 0 Å². The molecule has 4 rings (SSSR count). The van der Waals surface area contributed by atoms with Gasteiger partial charge in [0.15, 0.2) is 0 Å². The molecule has 0 atom stereocenters. The molecule has 142 valence electrons. The summed E-state index contributed by atoms with van der Waals surface area (Å²) >= 11 is 0. The second kappa shape index (κ2) is 7.80. The number of rotatable bonds is 4. The van der Waals surface area contributed by atoms with E-state index in [9.17, 15) is 4.79 Å². The maximum absolute atomic E-state index is 13.0. The highest BCUT2D eigenvalue weighted by Gasteiger charge is 2.23. The van der Waals surface area contributed by atoms with E-state index in [1.165, 1.54) is 11.1 Å². The van der Waals surface area contributed by atoms with Crippen LogP contribution in [0.25, 0.3) is 0 Å². The van der Waals surface area contributed by atoms with E-state index in [4.69, 9.17) is 0 Å². The third-order valence-electron chi connectivity index (χ3n) is 5.23. The Bertz CT molecular complexity index is 998. The highest BCUT2D eigenvalue weighted by atomic mass is 16.2. The first kappa shape index (κ1) is 18.2. The van der Waals surface area contributed by atoms with E-state index >= 15 is 0 Å². The number of aromatic nitrogens is 2. The molecule has 2 aromatic carbocycles. The van der Waals surface area contributed by atoms with Crippen LogP contribution in [0.1, 0.15) is 40.4 Å². The molecule has 1 aliphatic heterocycles. The number of para-hydroxylation sites is 2. The molecular formula is C23H24N4O. The summed E-state index contributed by atoms with van der Waals surface area (Å²) in [5, 5.41) is 3.31. The van der Waals surface area contributed by atoms with Crippen LogP contribution in [0.15, 0.2) is 54.9 Å². The van der Waals surface area contributed by atoms with Crippen molar-refractivity contribution in [2.45, 2.75) is 33.1 Å². The van der Waals surface area contributed by atoms with Crippen LogP contribution in [0.5, 0.6) is 0 Å². The average Bonchev–Trinajstić information content (AvgIpc) is 2.75. The molecule has 0 aliphatic carbocycles. The first-order chi connectivity index (χ1) is 13.7. The Hall–Kier alpha value is -3.21. The summed E-state index contributed by atoms with van der Waals surface area (Å²) in [4.78, 5) is 23.6. The summed E-state index contributed by atoms with van der Waals surface area (Å²) in [6, 6.07) is 14.3. The van der Waals surface area contributed by atoms with E-state index in [0.29, 0.717) is 11.5 Å². The quantitative estimate of drug-likeness (QED) is 0.722. The molecule has 0 bridgehead atoms. The van der Waals surface area contributed by atoms with Crippen LogP contribution in [0.2, 0.25) is 0 Å². The topological polar surface area (TPSA) is 58.1 Å². The number of anilines is 3. The van der Waals surface area contributed by atoms with Gasteiger partial charge in [0, 0.05) is 30.3 Å². The predicted octanol–water partition coefficient (Wildman–Crippen LogP) is 4.68. The van der Waals surface area contributed by atoms with Crippen molar-refractivity contribution in [2.75, 3.05) is 16.8 Å². The smallest absolute Gasteiger partial charge is 0.261 e. The summed E-state index contributed by atoms with van der Waals surface area (Å²) in [5.41, 5.74) is 6.11. The van der Waals surface area contributed by atoms with Crippen molar-refractivity contribution < 1.29 is 4.79 Å². The Balaban J connectivity index is 1.55. The van der Waals surface area contributed by atoms with Gasteiger partial charge in [-0.25, -0.2) is 9.97 Å². The van der Waals surface area contributed by atoms with E-state index in [1.54, 1.807) is 12.4 Å². The van der Waals surface area contributed by atoms with Crippen LogP contribution in [-0.4, -0.2) is 22.4 Å². The lowest BCUT2D eigenvalue weighted by atomic mass is 10.0. The van der Waals surface area contributed by atoms with Crippen molar-refractivity contribution in [1.29, 1.82) is 0 Å². The van der Waals surface area contributed by atoms with Crippen molar-refractivity contribution in [3.63, 3.8) is 0 Å². The molecule has 0 unspecified atom stereocenters.